The summed E-state index contributed by atoms with van der Waals surface area (Å²) in [6.07, 6.45) is 0.324. The Morgan fingerprint density at radius 2 is 1.63 bits per heavy atom. The number of ether oxygens (including phenoxy) is 1. The molecule has 1 unspecified atom stereocenters. The van der Waals surface area contributed by atoms with Crippen LogP contribution in [0.4, 0.5) is 10.1 Å². The SMILES string of the molecule is CCNC(=O)C(CC)N(Cc1ccc(OC)cc1)C(=O)CN(c1ccc(F)cc1)S(=O)(=O)N(C)C. The fourth-order valence-electron chi connectivity index (χ4n) is 3.46. The minimum atomic E-state index is -4.10. The smallest absolute Gasteiger partial charge is 0.304 e. The molecule has 0 heterocycles. The van der Waals surface area contributed by atoms with Gasteiger partial charge in [0.15, 0.2) is 0 Å². The number of rotatable bonds is 12. The van der Waals surface area contributed by atoms with E-state index in [9.17, 15) is 22.4 Å². The van der Waals surface area contributed by atoms with Crippen molar-refractivity contribution in [2.24, 2.45) is 0 Å². The molecule has 1 atom stereocenters. The summed E-state index contributed by atoms with van der Waals surface area (Å²) in [5, 5.41) is 2.74. The molecule has 0 fully saturated rings. The second-order valence-electron chi connectivity index (χ2n) is 7.96. The van der Waals surface area contributed by atoms with E-state index in [-0.39, 0.29) is 18.1 Å². The van der Waals surface area contributed by atoms with E-state index in [4.69, 9.17) is 4.74 Å². The van der Waals surface area contributed by atoms with Crippen molar-refractivity contribution < 1.29 is 27.1 Å². The Morgan fingerprint density at radius 3 is 2.11 bits per heavy atom. The summed E-state index contributed by atoms with van der Waals surface area (Å²) in [6.45, 7) is 3.45. The summed E-state index contributed by atoms with van der Waals surface area (Å²) in [5.41, 5.74) is 0.870. The van der Waals surface area contributed by atoms with Crippen molar-refractivity contribution in [1.82, 2.24) is 14.5 Å². The second kappa shape index (κ2) is 12.5. The van der Waals surface area contributed by atoms with E-state index >= 15 is 0 Å². The van der Waals surface area contributed by atoms with Gasteiger partial charge in [-0.2, -0.15) is 12.7 Å². The molecule has 9 nitrogen and oxygen atoms in total. The van der Waals surface area contributed by atoms with E-state index in [1.165, 1.54) is 31.1 Å². The number of carbonyl (C=O) groups excluding carboxylic acids is 2. The molecule has 0 radical (unpaired) electrons. The third-order valence-electron chi connectivity index (χ3n) is 5.38. The van der Waals surface area contributed by atoms with Crippen LogP contribution in [0.25, 0.3) is 0 Å². The number of hydrogen-bond acceptors (Lipinski definition) is 5. The number of hydrogen-bond donors (Lipinski definition) is 1. The molecule has 0 aliphatic heterocycles. The Kier molecular flexibility index (Phi) is 10.0. The first-order chi connectivity index (χ1) is 16.5. The number of likely N-dealkylation sites (N-methyl/N-ethyl adjacent to an activating group) is 1. The first-order valence-electron chi connectivity index (χ1n) is 11.2. The standard InChI is InChI=1S/C24H33FN4O5S/c1-6-22(24(31)26-7-2)28(16-18-8-14-21(34-5)15-9-18)23(30)17-29(35(32,33)27(3)4)20-12-10-19(25)11-13-20/h8-15,22H,6-7,16-17H2,1-5H3,(H,26,31). The van der Waals surface area contributed by atoms with Crippen molar-refractivity contribution >= 4 is 27.7 Å². The first-order valence-corrected chi connectivity index (χ1v) is 12.6. The molecule has 2 amide bonds. The van der Waals surface area contributed by atoms with Gasteiger partial charge in [0.25, 0.3) is 0 Å². The van der Waals surface area contributed by atoms with Crippen LogP contribution in [0.3, 0.4) is 0 Å². The number of nitrogens with zero attached hydrogens (tertiary/aromatic N) is 3. The largest absolute Gasteiger partial charge is 0.497 e. The Hall–Kier alpha value is -3.18. The number of nitrogens with one attached hydrogen (secondary N) is 1. The molecule has 2 rings (SSSR count). The van der Waals surface area contributed by atoms with Crippen molar-refractivity contribution in [3.63, 3.8) is 0 Å². The fraction of sp³-hybridized carbons (Fsp3) is 0.417. The molecular weight excluding hydrogens is 475 g/mol. The number of amides is 2. The van der Waals surface area contributed by atoms with Crippen LogP contribution in [0.1, 0.15) is 25.8 Å². The van der Waals surface area contributed by atoms with Crippen molar-refractivity contribution in [1.29, 1.82) is 0 Å². The van der Waals surface area contributed by atoms with Crippen molar-refractivity contribution in [2.75, 3.05) is 38.6 Å². The van der Waals surface area contributed by atoms with Crippen LogP contribution in [0.5, 0.6) is 5.75 Å². The zero-order valence-corrected chi connectivity index (χ0v) is 21.5. The lowest BCUT2D eigenvalue weighted by atomic mass is 10.1. The lowest BCUT2D eigenvalue weighted by Crippen LogP contribution is -2.53. The lowest BCUT2D eigenvalue weighted by molar-refractivity contribution is -0.140. The summed E-state index contributed by atoms with van der Waals surface area (Å²) in [7, 11) is 0.130. The zero-order chi connectivity index (χ0) is 26.2. The normalized spacial score (nSPS) is 12.2. The third kappa shape index (κ3) is 7.15. The van der Waals surface area contributed by atoms with E-state index in [2.05, 4.69) is 5.32 Å². The highest BCUT2D eigenvalue weighted by molar-refractivity contribution is 7.90. The number of halogens is 1. The van der Waals surface area contributed by atoms with Crippen molar-refractivity contribution in [2.45, 2.75) is 32.9 Å². The van der Waals surface area contributed by atoms with Gasteiger partial charge in [0.1, 0.15) is 24.2 Å². The quantitative estimate of drug-likeness (QED) is 0.475. The van der Waals surface area contributed by atoms with Gasteiger partial charge in [0.2, 0.25) is 11.8 Å². The highest BCUT2D eigenvalue weighted by Gasteiger charge is 2.33. The van der Waals surface area contributed by atoms with Gasteiger partial charge in [0, 0.05) is 27.2 Å². The van der Waals surface area contributed by atoms with Crippen molar-refractivity contribution in [3.05, 3.63) is 59.9 Å². The van der Waals surface area contributed by atoms with E-state index in [0.29, 0.717) is 18.7 Å². The predicted octanol–water partition coefficient (Wildman–Crippen LogP) is 2.39. The van der Waals surface area contributed by atoms with Crippen LogP contribution in [0.15, 0.2) is 48.5 Å². The van der Waals surface area contributed by atoms with E-state index in [1.54, 1.807) is 45.2 Å². The molecule has 2 aromatic carbocycles. The second-order valence-corrected chi connectivity index (χ2v) is 10.0. The zero-order valence-electron chi connectivity index (χ0n) is 20.7. The number of methoxy groups -OCH3 is 1. The molecule has 1 N–H and O–H groups in total. The van der Waals surface area contributed by atoms with Crippen LogP contribution in [-0.4, -0.2) is 69.8 Å². The van der Waals surface area contributed by atoms with E-state index in [1.807, 2.05) is 0 Å². The Morgan fingerprint density at radius 1 is 1.03 bits per heavy atom. The first kappa shape index (κ1) is 28.1. The molecule has 192 valence electrons. The summed E-state index contributed by atoms with van der Waals surface area (Å²) in [6, 6.07) is 11.0. The van der Waals surface area contributed by atoms with Crippen LogP contribution in [0.2, 0.25) is 0 Å². The van der Waals surface area contributed by atoms with Gasteiger partial charge in [-0.3, -0.25) is 9.59 Å². The molecule has 0 saturated heterocycles. The van der Waals surface area contributed by atoms with E-state index < -0.39 is 34.5 Å². The summed E-state index contributed by atoms with van der Waals surface area (Å²) >= 11 is 0. The Bertz CT molecular complexity index is 1090. The molecule has 0 saturated carbocycles. The molecular formula is C24H33FN4O5S. The monoisotopic (exact) mass is 508 g/mol. The maximum Gasteiger partial charge on any atom is 0.304 e. The van der Waals surface area contributed by atoms with Gasteiger partial charge >= 0.3 is 10.2 Å². The fourth-order valence-corrected chi connectivity index (χ4v) is 4.52. The van der Waals surface area contributed by atoms with Gasteiger partial charge in [0.05, 0.1) is 12.8 Å². The van der Waals surface area contributed by atoms with Gasteiger partial charge in [-0.1, -0.05) is 19.1 Å². The lowest BCUT2D eigenvalue weighted by Gasteiger charge is -2.33. The van der Waals surface area contributed by atoms with Crippen LogP contribution < -0.4 is 14.4 Å². The molecule has 0 aromatic heterocycles. The average molecular weight is 509 g/mol. The maximum atomic E-state index is 13.6. The predicted molar refractivity (Wildman–Crippen MR) is 133 cm³/mol. The molecule has 0 spiro atoms. The van der Waals surface area contributed by atoms with Crippen LogP contribution in [0, 0.1) is 5.82 Å². The maximum absolute atomic E-state index is 13.6. The number of carbonyl (C=O) groups is 2. The number of anilines is 1. The third-order valence-corrected chi connectivity index (χ3v) is 7.20. The molecule has 0 aliphatic rings. The van der Waals surface area contributed by atoms with Gasteiger partial charge in [-0.05, 0) is 55.3 Å². The van der Waals surface area contributed by atoms with Gasteiger partial charge < -0.3 is 15.0 Å². The molecule has 0 aliphatic carbocycles. The minimum Gasteiger partial charge on any atom is -0.497 e. The van der Waals surface area contributed by atoms with Gasteiger partial charge in [-0.15, -0.1) is 0 Å². The highest BCUT2D eigenvalue weighted by Crippen LogP contribution is 2.22. The topological polar surface area (TPSA) is 99.3 Å². The molecule has 11 heteroatoms. The molecule has 35 heavy (non-hydrogen) atoms. The van der Waals surface area contributed by atoms with Gasteiger partial charge in [-0.25, -0.2) is 8.70 Å². The number of benzene rings is 2. The van der Waals surface area contributed by atoms with Crippen LogP contribution >= 0.6 is 0 Å². The molecule has 0 bridgehead atoms. The highest BCUT2D eigenvalue weighted by atomic mass is 32.2. The minimum absolute atomic E-state index is 0.0811. The summed E-state index contributed by atoms with van der Waals surface area (Å²) in [5.74, 6) is -0.804. The Balaban J connectivity index is 2.47. The molecule has 2 aromatic rings. The Labute approximate surface area is 206 Å². The average Bonchev–Trinajstić information content (AvgIpc) is 2.83. The van der Waals surface area contributed by atoms with Crippen LogP contribution in [-0.2, 0) is 26.3 Å². The van der Waals surface area contributed by atoms with Crippen molar-refractivity contribution in [3.8, 4) is 5.75 Å². The summed E-state index contributed by atoms with van der Waals surface area (Å²) in [4.78, 5) is 27.8. The summed E-state index contributed by atoms with van der Waals surface area (Å²) < 4.78 is 46.7. The van der Waals surface area contributed by atoms with E-state index in [0.717, 1.165) is 26.3 Å².